The van der Waals surface area contributed by atoms with Crippen LogP contribution >= 0.6 is 45.8 Å². The maximum Gasteiger partial charge on any atom is 0.264 e. The Morgan fingerprint density at radius 3 is 2.42 bits per heavy atom. The van der Waals surface area contributed by atoms with E-state index in [2.05, 4.69) is 32.6 Å². The van der Waals surface area contributed by atoms with E-state index in [1.54, 1.807) is 18.2 Å². The number of nitrogens with one attached hydrogen (secondary N) is 1. The molecule has 0 atom stereocenters. The molecule has 1 N–H and O–H groups in total. The third kappa shape index (κ3) is 2.80. The Bertz CT molecular complexity index is 690. The van der Waals surface area contributed by atoms with Crippen molar-refractivity contribution in [3.63, 3.8) is 0 Å². The first-order valence-electron chi connectivity index (χ1n) is 5.81. The van der Waals surface area contributed by atoms with Crippen molar-refractivity contribution >= 4 is 45.8 Å². The van der Waals surface area contributed by atoms with Gasteiger partial charge in [-0.1, -0.05) is 23.2 Å². The summed E-state index contributed by atoms with van der Waals surface area (Å²) < 4.78 is 0.678. The fraction of sp³-hybridized carbons (Fsp3) is 0.231. The highest BCUT2D eigenvalue weighted by Gasteiger charge is 2.29. The number of aromatic nitrogens is 2. The predicted molar refractivity (Wildman–Crippen MR) is 85.0 cm³/mol. The lowest BCUT2D eigenvalue weighted by atomic mass is 10.2. The fourth-order valence-electron chi connectivity index (χ4n) is 1.93. The summed E-state index contributed by atoms with van der Waals surface area (Å²) in [6.45, 7) is 0. The molecular weight excluding hydrogens is 398 g/mol. The summed E-state index contributed by atoms with van der Waals surface area (Å²) in [5.41, 5.74) is 1.51. The molecule has 3 nitrogen and oxygen atoms in total. The van der Waals surface area contributed by atoms with Crippen molar-refractivity contribution in [2.75, 3.05) is 0 Å². The first kappa shape index (κ1) is 13.4. The molecule has 0 saturated heterocycles. The van der Waals surface area contributed by atoms with Gasteiger partial charge in [0.15, 0.2) is 0 Å². The van der Waals surface area contributed by atoms with Crippen molar-refractivity contribution in [3.05, 3.63) is 47.9 Å². The van der Waals surface area contributed by atoms with E-state index >= 15 is 0 Å². The van der Waals surface area contributed by atoms with Crippen molar-refractivity contribution in [2.24, 2.45) is 0 Å². The van der Waals surface area contributed by atoms with Crippen LogP contribution in [0, 0.1) is 3.57 Å². The van der Waals surface area contributed by atoms with Gasteiger partial charge in [0.2, 0.25) is 0 Å². The van der Waals surface area contributed by atoms with Crippen LogP contribution in [0.4, 0.5) is 0 Å². The summed E-state index contributed by atoms with van der Waals surface area (Å²) in [5.74, 6) is 0.944. The molecule has 0 aliphatic heterocycles. The van der Waals surface area contributed by atoms with Crippen molar-refractivity contribution in [1.82, 2.24) is 9.97 Å². The van der Waals surface area contributed by atoms with Gasteiger partial charge in [-0.2, -0.15) is 0 Å². The van der Waals surface area contributed by atoms with E-state index in [-0.39, 0.29) is 5.56 Å². The molecule has 1 aromatic carbocycles. The molecule has 1 fully saturated rings. The Balaban J connectivity index is 2.17. The molecule has 2 aromatic rings. The lowest BCUT2D eigenvalue weighted by Crippen LogP contribution is -2.15. The number of nitrogens with zero attached hydrogens (tertiary/aromatic N) is 1. The summed E-state index contributed by atoms with van der Waals surface area (Å²) >= 11 is 14.0. The molecule has 3 rings (SSSR count). The molecular formula is C13H9Cl2IN2O. The van der Waals surface area contributed by atoms with Gasteiger partial charge >= 0.3 is 0 Å². The largest absolute Gasteiger partial charge is 0.306 e. The number of rotatable bonds is 2. The van der Waals surface area contributed by atoms with Crippen molar-refractivity contribution < 1.29 is 0 Å². The van der Waals surface area contributed by atoms with E-state index in [1.165, 1.54) is 0 Å². The van der Waals surface area contributed by atoms with Crippen molar-refractivity contribution in [1.29, 1.82) is 0 Å². The van der Waals surface area contributed by atoms with Crippen LogP contribution in [-0.4, -0.2) is 9.97 Å². The Morgan fingerprint density at radius 1 is 1.21 bits per heavy atom. The first-order valence-corrected chi connectivity index (χ1v) is 7.64. The van der Waals surface area contributed by atoms with Gasteiger partial charge in [-0.25, -0.2) is 4.98 Å². The number of halogens is 3. The van der Waals surface area contributed by atoms with E-state index in [0.717, 1.165) is 24.1 Å². The molecule has 6 heteroatoms. The standard InChI is InChI=1S/C13H9Cl2IN2O/c14-8-3-7(4-9(15)5-8)12-17-11(6-1-2-6)10(16)13(19)18-12/h3-6H,1-2H2,(H,17,18,19). The van der Waals surface area contributed by atoms with Gasteiger partial charge in [-0.3, -0.25) is 4.79 Å². The average molecular weight is 407 g/mol. The maximum atomic E-state index is 12.0. The fourth-order valence-corrected chi connectivity index (χ4v) is 3.15. The Hall–Kier alpha value is -0.590. The Morgan fingerprint density at radius 2 is 1.84 bits per heavy atom. The molecule has 0 amide bonds. The highest BCUT2D eigenvalue weighted by atomic mass is 127. The maximum absolute atomic E-state index is 12.0. The molecule has 0 spiro atoms. The third-order valence-electron chi connectivity index (χ3n) is 2.99. The number of aromatic amines is 1. The number of H-pyrrole nitrogens is 1. The average Bonchev–Trinajstić information content (AvgIpc) is 3.15. The molecule has 0 radical (unpaired) electrons. The Labute approximate surface area is 133 Å². The second kappa shape index (κ2) is 5.07. The van der Waals surface area contributed by atoms with Crippen LogP contribution < -0.4 is 5.56 Å². The van der Waals surface area contributed by atoms with Crippen LogP contribution in [0.1, 0.15) is 24.5 Å². The van der Waals surface area contributed by atoms with Crippen molar-refractivity contribution in [3.8, 4) is 11.4 Å². The third-order valence-corrected chi connectivity index (χ3v) is 4.47. The molecule has 0 unspecified atom stereocenters. The summed E-state index contributed by atoms with van der Waals surface area (Å²) in [5, 5.41) is 1.05. The Kier molecular flexibility index (Phi) is 3.57. The second-order valence-corrected chi connectivity index (χ2v) is 6.50. The van der Waals surface area contributed by atoms with Gasteiger partial charge in [-0.15, -0.1) is 0 Å². The zero-order valence-corrected chi connectivity index (χ0v) is 13.4. The summed E-state index contributed by atoms with van der Waals surface area (Å²) in [7, 11) is 0. The number of hydrogen-bond donors (Lipinski definition) is 1. The molecule has 1 saturated carbocycles. The summed E-state index contributed by atoms with van der Waals surface area (Å²) in [6.07, 6.45) is 2.20. The molecule has 1 heterocycles. The molecule has 98 valence electrons. The van der Waals surface area contributed by atoms with Crippen LogP contribution in [0.3, 0.4) is 0 Å². The smallest absolute Gasteiger partial charge is 0.264 e. The second-order valence-electron chi connectivity index (χ2n) is 4.55. The lowest BCUT2D eigenvalue weighted by molar-refractivity contribution is 0.958. The van der Waals surface area contributed by atoms with Crippen LogP contribution in [0.5, 0.6) is 0 Å². The number of hydrogen-bond acceptors (Lipinski definition) is 2. The van der Waals surface area contributed by atoms with E-state index in [4.69, 9.17) is 23.2 Å². The zero-order chi connectivity index (χ0) is 13.6. The van der Waals surface area contributed by atoms with Gasteiger partial charge in [0.05, 0.1) is 9.26 Å². The molecule has 19 heavy (non-hydrogen) atoms. The van der Waals surface area contributed by atoms with Gasteiger partial charge < -0.3 is 4.98 Å². The van der Waals surface area contributed by atoms with E-state index < -0.39 is 0 Å². The van der Waals surface area contributed by atoms with Crippen LogP contribution in [0.2, 0.25) is 10.0 Å². The molecule has 1 aliphatic rings. The normalized spacial score (nSPS) is 14.7. The van der Waals surface area contributed by atoms with Crippen molar-refractivity contribution in [2.45, 2.75) is 18.8 Å². The van der Waals surface area contributed by atoms with Crippen LogP contribution in [0.15, 0.2) is 23.0 Å². The van der Waals surface area contributed by atoms with E-state index in [1.807, 2.05) is 0 Å². The number of benzene rings is 1. The molecule has 0 bridgehead atoms. The molecule has 1 aromatic heterocycles. The van der Waals surface area contributed by atoms with Gasteiger partial charge in [-0.05, 0) is 53.6 Å². The minimum Gasteiger partial charge on any atom is -0.306 e. The monoisotopic (exact) mass is 406 g/mol. The summed E-state index contributed by atoms with van der Waals surface area (Å²) in [6, 6.07) is 5.14. The highest BCUT2D eigenvalue weighted by Crippen LogP contribution is 2.40. The van der Waals surface area contributed by atoms with E-state index in [0.29, 0.717) is 25.4 Å². The minimum absolute atomic E-state index is 0.108. The van der Waals surface area contributed by atoms with Crippen LogP contribution in [0.25, 0.3) is 11.4 Å². The van der Waals surface area contributed by atoms with Gasteiger partial charge in [0, 0.05) is 21.5 Å². The van der Waals surface area contributed by atoms with Crippen LogP contribution in [-0.2, 0) is 0 Å². The van der Waals surface area contributed by atoms with Gasteiger partial charge in [0.1, 0.15) is 5.82 Å². The molecule has 1 aliphatic carbocycles. The summed E-state index contributed by atoms with van der Waals surface area (Å²) in [4.78, 5) is 19.3. The zero-order valence-electron chi connectivity index (χ0n) is 9.71. The van der Waals surface area contributed by atoms with Gasteiger partial charge in [0.25, 0.3) is 5.56 Å². The SMILES string of the molecule is O=c1[nH]c(-c2cc(Cl)cc(Cl)c2)nc(C2CC2)c1I. The quantitative estimate of drug-likeness (QED) is 0.758. The first-order chi connectivity index (χ1) is 9.04. The van der Waals surface area contributed by atoms with E-state index in [9.17, 15) is 4.79 Å². The highest BCUT2D eigenvalue weighted by molar-refractivity contribution is 14.1. The topological polar surface area (TPSA) is 45.8 Å². The minimum atomic E-state index is -0.108. The predicted octanol–water partition coefficient (Wildman–Crippen LogP) is 4.23. The lowest BCUT2D eigenvalue weighted by Gasteiger charge is -2.07.